The number of hydrogen-bond donors (Lipinski definition) is 0. The summed E-state index contributed by atoms with van der Waals surface area (Å²) in [4.78, 5) is 13.9. The van der Waals surface area contributed by atoms with Crippen LogP contribution in [-0.4, -0.2) is 32.2 Å². The van der Waals surface area contributed by atoms with Crippen LogP contribution in [0.15, 0.2) is 60.7 Å². The van der Waals surface area contributed by atoms with Gasteiger partial charge in [0.05, 0.1) is 26.4 Å². The molecule has 0 bridgehead atoms. The molecule has 2 aliphatic heterocycles. The molecule has 5 nitrogen and oxygen atoms in total. The molecule has 0 spiro atoms. The summed E-state index contributed by atoms with van der Waals surface area (Å²) in [7, 11) is 0. The standard InChI is InChI=1S/C21H22O5/c22-19(20(23-13-7-14-24-20)17-9-3-1-4-10-17)21(25-15-8-16-26-21)18-11-5-2-6-12-18/h1-6,9-12H,7-8,13-16H2. The van der Waals surface area contributed by atoms with Crippen molar-refractivity contribution in [3.05, 3.63) is 71.8 Å². The number of hydrogen-bond acceptors (Lipinski definition) is 5. The van der Waals surface area contributed by atoms with Gasteiger partial charge in [-0.2, -0.15) is 0 Å². The van der Waals surface area contributed by atoms with Crippen LogP contribution >= 0.6 is 0 Å². The van der Waals surface area contributed by atoms with Gasteiger partial charge in [-0.15, -0.1) is 0 Å². The predicted octanol–water partition coefficient (Wildman–Crippen LogP) is 3.14. The first-order chi connectivity index (χ1) is 12.8. The summed E-state index contributed by atoms with van der Waals surface area (Å²) in [6.07, 6.45) is 1.48. The first-order valence-electron chi connectivity index (χ1n) is 9.00. The zero-order valence-electron chi connectivity index (χ0n) is 14.6. The van der Waals surface area contributed by atoms with Crippen LogP contribution in [0.25, 0.3) is 0 Å². The van der Waals surface area contributed by atoms with Crippen molar-refractivity contribution in [2.45, 2.75) is 24.4 Å². The molecule has 5 heteroatoms. The zero-order valence-corrected chi connectivity index (χ0v) is 14.6. The van der Waals surface area contributed by atoms with Crippen LogP contribution in [0.4, 0.5) is 0 Å². The summed E-state index contributed by atoms with van der Waals surface area (Å²) in [5, 5.41) is 0. The van der Waals surface area contributed by atoms with Gasteiger partial charge in [-0.1, -0.05) is 60.7 Å². The maximum Gasteiger partial charge on any atom is 0.262 e. The Bertz CT molecular complexity index is 668. The number of ether oxygens (including phenoxy) is 4. The fraction of sp³-hybridized carbons (Fsp3) is 0.381. The van der Waals surface area contributed by atoms with Gasteiger partial charge in [0.1, 0.15) is 0 Å². The highest BCUT2D eigenvalue weighted by atomic mass is 16.7. The molecule has 2 aliphatic rings. The minimum Gasteiger partial charge on any atom is -0.340 e. The Kier molecular flexibility index (Phi) is 4.87. The summed E-state index contributed by atoms with van der Waals surface area (Å²) < 4.78 is 23.9. The Labute approximate surface area is 152 Å². The molecular formula is C21H22O5. The largest absolute Gasteiger partial charge is 0.340 e. The third-order valence-electron chi connectivity index (χ3n) is 4.70. The van der Waals surface area contributed by atoms with Gasteiger partial charge in [-0.25, -0.2) is 0 Å². The van der Waals surface area contributed by atoms with Gasteiger partial charge in [-0.05, 0) is 12.8 Å². The molecule has 2 fully saturated rings. The van der Waals surface area contributed by atoms with E-state index in [1.807, 2.05) is 60.7 Å². The molecule has 0 unspecified atom stereocenters. The third-order valence-corrected chi connectivity index (χ3v) is 4.70. The average molecular weight is 354 g/mol. The van der Waals surface area contributed by atoms with Crippen molar-refractivity contribution in [2.24, 2.45) is 0 Å². The summed E-state index contributed by atoms with van der Waals surface area (Å²) in [6, 6.07) is 18.6. The monoisotopic (exact) mass is 354 g/mol. The molecular weight excluding hydrogens is 332 g/mol. The van der Waals surface area contributed by atoms with E-state index in [1.165, 1.54) is 0 Å². The predicted molar refractivity (Wildman–Crippen MR) is 94.3 cm³/mol. The van der Waals surface area contributed by atoms with Crippen LogP contribution in [0.1, 0.15) is 24.0 Å². The van der Waals surface area contributed by atoms with Gasteiger partial charge < -0.3 is 18.9 Å². The number of Topliss-reactive ketones (excluding diaryl/α,β-unsaturated/α-hetero) is 1. The van der Waals surface area contributed by atoms with Crippen molar-refractivity contribution in [3.63, 3.8) is 0 Å². The SMILES string of the molecule is O=C(C1(c2ccccc2)OCCCO1)C1(c2ccccc2)OCCCO1. The lowest BCUT2D eigenvalue weighted by Gasteiger charge is -2.44. The quantitative estimate of drug-likeness (QED) is 0.844. The molecule has 26 heavy (non-hydrogen) atoms. The maximum absolute atomic E-state index is 13.9. The Morgan fingerprint density at radius 2 is 0.962 bits per heavy atom. The highest BCUT2D eigenvalue weighted by Gasteiger charge is 2.58. The lowest BCUT2D eigenvalue weighted by molar-refractivity contribution is -0.311. The van der Waals surface area contributed by atoms with Crippen LogP contribution in [0.3, 0.4) is 0 Å². The van der Waals surface area contributed by atoms with E-state index in [1.54, 1.807) is 0 Å². The molecule has 0 amide bonds. The Hall–Kier alpha value is -2.05. The van der Waals surface area contributed by atoms with Crippen LogP contribution in [0.5, 0.6) is 0 Å². The van der Waals surface area contributed by atoms with Gasteiger partial charge in [-0.3, -0.25) is 4.79 Å². The van der Waals surface area contributed by atoms with Crippen LogP contribution in [0.2, 0.25) is 0 Å². The fourth-order valence-electron chi connectivity index (χ4n) is 3.45. The van der Waals surface area contributed by atoms with E-state index in [0.717, 1.165) is 12.8 Å². The number of benzene rings is 2. The number of carbonyl (C=O) groups excluding carboxylic acids is 1. The molecule has 0 saturated carbocycles. The van der Waals surface area contributed by atoms with Gasteiger partial charge in [0, 0.05) is 11.1 Å². The Morgan fingerprint density at radius 1 is 0.615 bits per heavy atom. The Balaban J connectivity index is 1.83. The maximum atomic E-state index is 13.9. The second kappa shape index (κ2) is 7.29. The van der Waals surface area contributed by atoms with Gasteiger partial charge in [0.15, 0.2) is 0 Å². The zero-order chi connectivity index (χ0) is 17.9. The molecule has 0 N–H and O–H groups in total. The normalized spacial score (nSPS) is 21.8. The van der Waals surface area contributed by atoms with Crippen molar-refractivity contribution >= 4 is 5.78 Å². The highest BCUT2D eigenvalue weighted by molar-refractivity contribution is 5.94. The van der Waals surface area contributed by atoms with E-state index in [2.05, 4.69) is 0 Å². The molecule has 0 aromatic heterocycles. The second-order valence-corrected chi connectivity index (χ2v) is 6.40. The second-order valence-electron chi connectivity index (χ2n) is 6.40. The average Bonchev–Trinajstić information content (AvgIpc) is 2.75. The number of carbonyl (C=O) groups is 1. The van der Waals surface area contributed by atoms with E-state index < -0.39 is 11.6 Å². The molecule has 0 atom stereocenters. The van der Waals surface area contributed by atoms with Crippen molar-refractivity contribution in [1.82, 2.24) is 0 Å². The molecule has 0 radical (unpaired) electrons. The summed E-state index contributed by atoms with van der Waals surface area (Å²) in [6.45, 7) is 1.74. The van der Waals surface area contributed by atoms with Crippen molar-refractivity contribution in [1.29, 1.82) is 0 Å². The van der Waals surface area contributed by atoms with Gasteiger partial charge >= 0.3 is 0 Å². The molecule has 136 valence electrons. The van der Waals surface area contributed by atoms with E-state index in [0.29, 0.717) is 37.6 Å². The van der Waals surface area contributed by atoms with E-state index >= 15 is 0 Å². The lowest BCUT2D eigenvalue weighted by Crippen LogP contribution is -2.57. The van der Waals surface area contributed by atoms with Crippen LogP contribution in [0, 0.1) is 0 Å². The van der Waals surface area contributed by atoms with Crippen molar-refractivity contribution in [2.75, 3.05) is 26.4 Å². The smallest absolute Gasteiger partial charge is 0.262 e. The van der Waals surface area contributed by atoms with Crippen LogP contribution in [-0.2, 0) is 35.3 Å². The number of ketones is 1. The molecule has 2 aromatic rings. The minimum absolute atomic E-state index is 0.373. The summed E-state index contributed by atoms with van der Waals surface area (Å²) in [5.41, 5.74) is 1.30. The van der Waals surface area contributed by atoms with E-state index in [9.17, 15) is 4.79 Å². The first kappa shape index (κ1) is 17.4. The summed E-state index contributed by atoms with van der Waals surface area (Å²) >= 11 is 0. The van der Waals surface area contributed by atoms with E-state index in [4.69, 9.17) is 18.9 Å². The third kappa shape index (κ3) is 2.87. The van der Waals surface area contributed by atoms with Crippen molar-refractivity contribution in [3.8, 4) is 0 Å². The highest BCUT2D eigenvalue weighted by Crippen LogP contribution is 2.42. The topological polar surface area (TPSA) is 54.0 Å². The Morgan fingerprint density at radius 3 is 1.31 bits per heavy atom. The van der Waals surface area contributed by atoms with Gasteiger partial charge in [0.25, 0.3) is 17.4 Å². The van der Waals surface area contributed by atoms with Crippen molar-refractivity contribution < 1.29 is 23.7 Å². The molecule has 2 saturated heterocycles. The first-order valence-corrected chi connectivity index (χ1v) is 9.00. The molecule has 0 aliphatic carbocycles. The number of rotatable bonds is 4. The molecule has 4 rings (SSSR count). The fourth-order valence-corrected chi connectivity index (χ4v) is 3.45. The molecule has 2 heterocycles. The minimum atomic E-state index is -1.54. The lowest BCUT2D eigenvalue weighted by atomic mass is 9.89. The molecule has 2 aromatic carbocycles. The van der Waals surface area contributed by atoms with E-state index in [-0.39, 0.29) is 5.78 Å². The van der Waals surface area contributed by atoms with Gasteiger partial charge in [0.2, 0.25) is 0 Å². The summed E-state index contributed by atoms with van der Waals surface area (Å²) in [5.74, 6) is -3.44. The van der Waals surface area contributed by atoms with Crippen LogP contribution < -0.4 is 0 Å².